The maximum Gasteiger partial charge on any atom is 0.341 e. The number of nitrogens with zero attached hydrogens (tertiary/aromatic N) is 2. The number of rotatable bonds is 5. The molecule has 0 N–H and O–H groups in total. The predicted octanol–water partition coefficient (Wildman–Crippen LogP) is 3.74. The van der Waals surface area contributed by atoms with E-state index in [2.05, 4.69) is 15.0 Å². The van der Waals surface area contributed by atoms with Gasteiger partial charge >= 0.3 is 11.9 Å². The van der Waals surface area contributed by atoms with Gasteiger partial charge in [0.15, 0.2) is 0 Å². The van der Waals surface area contributed by atoms with E-state index in [0.717, 1.165) is 0 Å². The van der Waals surface area contributed by atoms with Gasteiger partial charge in [-0.2, -0.15) is 10.2 Å². The zero-order valence-corrected chi connectivity index (χ0v) is 15.2. The Balaban J connectivity index is 2.30. The molecule has 0 fully saturated rings. The summed E-state index contributed by atoms with van der Waals surface area (Å²) >= 11 is 0. The van der Waals surface area contributed by atoms with Crippen LogP contribution in [0.4, 0.5) is 11.4 Å². The molecule has 0 unspecified atom stereocenters. The van der Waals surface area contributed by atoms with Crippen LogP contribution >= 0.6 is 10.7 Å². The topological polar surface area (TPSA) is 111 Å². The first-order chi connectivity index (χ1) is 12.2. The number of methoxy groups -OCH3 is 1. The van der Waals surface area contributed by atoms with Crippen molar-refractivity contribution < 1.29 is 27.5 Å². The lowest BCUT2D eigenvalue weighted by molar-refractivity contribution is -0.131. The van der Waals surface area contributed by atoms with Crippen molar-refractivity contribution in [2.24, 2.45) is 10.2 Å². The molecule has 0 saturated carbocycles. The summed E-state index contributed by atoms with van der Waals surface area (Å²) in [5, 5.41) is 7.90. The van der Waals surface area contributed by atoms with Gasteiger partial charge in [0, 0.05) is 17.6 Å². The lowest BCUT2D eigenvalue weighted by atomic mass is 10.2. The van der Waals surface area contributed by atoms with E-state index in [1.807, 2.05) is 0 Å². The molecule has 0 bridgehead atoms. The monoisotopic (exact) mass is 396 g/mol. The van der Waals surface area contributed by atoms with Gasteiger partial charge in [0.1, 0.15) is 11.3 Å². The molecule has 2 rings (SSSR count). The molecule has 2 aromatic carbocycles. The van der Waals surface area contributed by atoms with Gasteiger partial charge in [-0.05, 0) is 42.5 Å². The first-order valence-electron chi connectivity index (χ1n) is 7.08. The van der Waals surface area contributed by atoms with Crippen LogP contribution in [0.2, 0.25) is 0 Å². The third-order valence-electron chi connectivity index (χ3n) is 3.02. The molecule has 0 heterocycles. The van der Waals surface area contributed by atoms with Crippen LogP contribution in [-0.4, -0.2) is 27.5 Å². The smallest absolute Gasteiger partial charge is 0.341 e. The zero-order chi connectivity index (χ0) is 19.3. The number of azo groups is 1. The maximum atomic E-state index is 11.8. The Morgan fingerprint density at radius 2 is 1.58 bits per heavy atom. The van der Waals surface area contributed by atoms with Crippen LogP contribution in [0.1, 0.15) is 17.3 Å². The van der Waals surface area contributed by atoms with Gasteiger partial charge in [-0.1, -0.05) is 0 Å². The van der Waals surface area contributed by atoms with Crippen LogP contribution in [0.3, 0.4) is 0 Å². The minimum absolute atomic E-state index is 0.0164. The fourth-order valence-electron chi connectivity index (χ4n) is 1.88. The van der Waals surface area contributed by atoms with E-state index in [1.165, 1.54) is 56.5 Å². The van der Waals surface area contributed by atoms with Crippen LogP contribution in [-0.2, 0) is 18.6 Å². The second-order valence-corrected chi connectivity index (χ2v) is 7.46. The number of halogens is 1. The second kappa shape index (κ2) is 8.07. The summed E-state index contributed by atoms with van der Waals surface area (Å²) < 4.78 is 32.0. The molecular weight excluding hydrogens is 384 g/mol. The molecule has 8 nitrogen and oxygen atoms in total. The van der Waals surface area contributed by atoms with Gasteiger partial charge in [0.05, 0.1) is 23.4 Å². The highest BCUT2D eigenvalue weighted by molar-refractivity contribution is 8.13. The summed E-state index contributed by atoms with van der Waals surface area (Å²) in [6, 6.07) is 9.67. The number of carbonyl (C=O) groups excluding carboxylic acids is 2. The Hall–Kier alpha value is -2.78. The van der Waals surface area contributed by atoms with Crippen LogP contribution in [0.15, 0.2) is 57.6 Å². The Bertz CT molecular complexity index is 971. The summed E-state index contributed by atoms with van der Waals surface area (Å²) in [5.41, 5.74) is 0.691. The summed E-state index contributed by atoms with van der Waals surface area (Å²) in [4.78, 5) is 22.9. The average Bonchev–Trinajstić information content (AvgIpc) is 2.59. The SMILES string of the molecule is COC(=O)c1cc(/N=N/c2ccc(S(=O)(=O)Cl)cc2)ccc1OC(C)=O. The molecule has 136 valence electrons. The molecule has 0 saturated heterocycles. The summed E-state index contributed by atoms with van der Waals surface area (Å²) in [7, 11) is 2.62. The van der Waals surface area contributed by atoms with Crippen molar-refractivity contribution in [2.45, 2.75) is 11.8 Å². The molecule has 26 heavy (non-hydrogen) atoms. The molecule has 0 aliphatic rings. The zero-order valence-electron chi connectivity index (χ0n) is 13.7. The first kappa shape index (κ1) is 19.5. The number of carbonyl (C=O) groups is 2. The minimum Gasteiger partial charge on any atom is -0.465 e. The van der Waals surface area contributed by atoms with Crippen molar-refractivity contribution in [1.82, 2.24) is 0 Å². The van der Waals surface area contributed by atoms with Gasteiger partial charge in [0.25, 0.3) is 9.05 Å². The van der Waals surface area contributed by atoms with E-state index >= 15 is 0 Å². The van der Waals surface area contributed by atoms with E-state index < -0.39 is 21.0 Å². The van der Waals surface area contributed by atoms with Crippen molar-refractivity contribution in [3.63, 3.8) is 0 Å². The summed E-state index contributed by atoms with van der Waals surface area (Å²) in [6.07, 6.45) is 0. The maximum absolute atomic E-state index is 11.8. The van der Waals surface area contributed by atoms with Gasteiger partial charge in [-0.3, -0.25) is 4.79 Å². The molecule has 10 heteroatoms. The van der Waals surface area contributed by atoms with E-state index in [0.29, 0.717) is 11.4 Å². The Labute approximate surface area is 153 Å². The molecular formula is C16H13ClN2O6S. The Morgan fingerprint density at radius 3 is 2.12 bits per heavy atom. The average molecular weight is 397 g/mol. The molecule has 0 atom stereocenters. The third kappa shape index (κ3) is 5.11. The fraction of sp³-hybridized carbons (Fsp3) is 0.125. The van der Waals surface area contributed by atoms with Gasteiger partial charge in [0.2, 0.25) is 0 Å². The molecule has 0 spiro atoms. The number of ether oxygens (including phenoxy) is 2. The molecule has 0 aliphatic carbocycles. The highest BCUT2D eigenvalue weighted by Crippen LogP contribution is 2.27. The minimum atomic E-state index is -3.81. The Kier molecular flexibility index (Phi) is 6.06. The number of hydrogen-bond acceptors (Lipinski definition) is 8. The number of benzene rings is 2. The lowest BCUT2D eigenvalue weighted by Crippen LogP contribution is -2.08. The van der Waals surface area contributed by atoms with E-state index in [4.69, 9.17) is 15.4 Å². The molecule has 0 aromatic heterocycles. The highest BCUT2D eigenvalue weighted by Gasteiger charge is 2.15. The van der Waals surface area contributed by atoms with Crippen LogP contribution < -0.4 is 4.74 Å². The number of hydrogen-bond donors (Lipinski definition) is 0. The van der Waals surface area contributed by atoms with Crippen molar-refractivity contribution in [3.05, 3.63) is 48.0 Å². The Morgan fingerprint density at radius 1 is 1.00 bits per heavy atom. The quantitative estimate of drug-likeness (QED) is 0.329. The van der Waals surface area contributed by atoms with Crippen molar-refractivity contribution in [3.8, 4) is 5.75 Å². The fourth-order valence-corrected chi connectivity index (χ4v) is 2.65. The molecule has 0 amide bonds. The largest absolute Gasteiger partial charge is 0.465 e. The van der Waals surface area contributed by atoms with E-state index in [-0.39, 0.29) is 16.2 Å². The first-order valence-corrected chi connectivity index (χ1v) is 9.39. The molecule has 2 aromatic rings. The van der Waals surface area contributed by atoms with Crippen LogP contribution in [0.25, 0.3) is 0 Å². The number of esters is 2. The van der Waals surface area contributed by atoms with Gasteiger partial charge in [-0.25, -0.2) is 13.2 Å². The standard InChI is InChI=1S/C16H13ClN2O6S/c1-10(20)25-15-8-5-12(9-14(15)16(21)24-2)19-18-11-3-6-13(7-4-11)26(17,22)23/h3-9H,1-2H3/b19-18+. The summed E-state index contributed by atoms with van der Waals surface area (Å²) in [6.45, 7) is 1.21. The van der Waals surface area contributed by atoms with Gasteiger partial charge < -0.3 is 9.47 Å². The lowest BCUT2D eigenvalue weighted by Gasteiger charge is -2.07. The van der Waals surface area contributed by atoms with Crippen LogP contribution in [0.5, 0.6) is 5.75 Å². The highest BCUT2D eigenvalue weighted by atomic mass is 35.7. The van der Waals surface area contributed by atoms with Crippen LogP contribution in [0, 0.1) is 0 Å². The molecule has 0 aliphatic heterocycles. The van der Waals surface area contributed by atoms with E-state index in [9.17, 15) is 18.0 Å². The van der Waals surface area contributed by atoms with Crippen molar-refractivity contribution >= 4 is 43.0 Å². The summed E-state index contributed by atoms with van der Waals surface area (Å²) in [5.74, 6) is -1.24. The third-order valence-corrected chi connectivity index (χ3v) is 4.39. The van der Waals surface area contributed by atoms with Crippen molar-refractivity contribution in [1.29, 1.82) is 0 Å². The second-order valence-electron chi connectivity index (χ2n) is 4.90. The van der Waals surface area contributed by atoms with E-state index in [1.54, 1.807) is 0 Å². The molecule has 0 radical (unpaired) electrons. The van der Waals surface area contributed by atoms with Gasteiger partial charge in [-0.15, -0.1) is 0 Å². The predicted molar refractivity (Wildman–Crippen MR) is 92.7 cm³/mol. The normalized spacial score (nSPS) is 11.3. The van der Waals surface area contributed by atoms with Crippen molar-refractivity contribution in [2.75, 3.05) is 7.11 Å².